The molecule has 1 N–H and O–H groups in total. The molecule has 3 aromatic carbocycles. The summed E-state index contributed by atoms with van der Waals surface area (Å²) < 4.78 is 27.9. The lowest BCUT2D eigenvalue weighted by molar-refractivity contribution is 0.0678. The Hall–Kier alpha value is -2.70. The number of rotatable bonds is 5. The van der Waals surface area contributed by atoms with Gasteiger partial charge < -0.3 is 4.90 Å². The Balaban J connectivity index is 1.44. The van der Waals surface area contributed by atoms with E-state index in [1.54, 1.807) is 24.3 Å². The molecule has 0 aliphatic carbocycles. The molecular formula is C24H26N2O3S. The Bertz CT molecular complexity index is 1150. The predicted octanol–water partition coefficient (Wildman–Crippen LogP) is 3.98. The van der Waals surface area contributed by atoms with Gasteiger partial charge in [0.2, 0.25) is 10.0 Å². The SMILES string of the molecule is Cc1ccc(S(=O)(=O)NC[C@H]2CCCN(C(=O)c3cccc4ccccc34)C2)cc1. The molecule has 0 saturated carbocycles. The number of nitrogens with one attached hydrogen (secondary N) is 1. The van der Waals surface area contributed by atoms with Gasteiger partial charge in [0.05, 0.1) is 4.90 Å². The smallest absolute Gasteiger partial charge is 0.254 e. The molecule has 30 heavy (non-hydrogen) atoms. The zero-order valence-electron chi connectivity index (χ0n) is 17.0. The quantitative estimate of drug-likeness (QED) is 0.676. The summed E-state index contributed by atoms with van der Waals surface area (Å²) in [6.45, 7) is 3.50. The van der Waals surface area contributed by atoms with Crippen LogP contribution in [0.25, 0.3) is 10.8 Å². The number of nitrogens with zero attached hydrogens (tertiary/aromatic N) is 1. The fourth-order valence-corrected chi connectivity index (χ4v) is 5.14. The van der Waals surface area contributed by atoms with Gasteiger partial charge in [0.15, 0.2) is 0 Å². The molecule has 3 aromatic rings. The molecule has 0 aromatic heterocycles. The van der Waals surface area contributed by atoms with E-state index < -0.39 is 10.0 Å². The highest BCUT2D eigenvalue weighted by Gasteiger charge is 2.26. The van der Waals surface area contributed by atoms with Gasteiger partial charge in [0.25, 0.3) is 5.91 Å². The predicted molar refractivity (Wildman–Crippen MR) is 119 cm³/mol. The Labute approximate surface area is 177 Å². The minimum absolute atomic E-state index is 0.0119. The number of carbonyl (C=O) groups is 1. The van der Waals surface area contributed by atoms with Crippen molar-refractivity contribution in [3.8, 4) is 0 Å². The van der Waals surface area contributed by atoms with E-state index in [0.29, 0.717) is 25.2 Å². The molecule has 1 saturated heterocycles. The highest BCUT2D eigenvalue weighted by molar-refractivity contribution is 7.89. The van der Waals surface area contributed by atoms with Crippen LogP contribution in [0.5, 0.6) is 0 Å². The molecule has 5 nitrogen and oxygen atoms in total. The first-order valence-corrected chi connectivity index (χ1v) is 11.8. The van der Waals surface area contributed by atoms with Gasteiger partial charge in [-0.2, -0.15) is 0 Å². The highest BCUT2D eigenvalue weighted by atomic mass is 32.2. The van der Waals surface area contributed by atoms with Gasteiger partial charge in [-0.05, 0) is 54.7 Å². The summed E-state index contributed by atoms with van der Waals surface area (Å²) in [5.41, 5.74) is 1.72. The van der Waals surface area contributed by atoms with Crippen LogP contribution >= 0.6 is 0 Å². The maximum Gasteiger partial charge on any atom is 0.254 e. The number of hydrogen-bond acceptors (Lipinski definition) is 3. The van der Waals surface area contributed by atoms with Crippen molar-refractivity contribution in [1.82, 2.24) is 9.62 Å². The van der Waals surface area contributed by atoms with Gasteiger partial charge in [-0.25, -0.2) is 13.1 Å². The summed E-state index contributed by atoms with van der Waals surface area (Å²) in [6.07, 6.45) is 1.77. The highest BCUT2D eigenvalue weighted by Crippen LogP contribution is 2.23. The van der Waals surface area contributed by atoms with E-state index in [2.05, 4.69) is 4.72 Å². The largest absolute Gasteiger partial charge is 0.338 e. The fourth-order valence-electron chi connectivity index (χ4n) is 4.03. The normalized spacial score (nSPS) is 17.2. The van der Waals surface area contributed by atoms with E-state index in [4.69, 9.17) is 0 Å². The summed E-state index contributed by atoms with van der Waals surface area (Å²) in [7, 11) is -3.55. The minimum atomic E-state index is -3.55. The Kier molecular flexibility index (Phi) is 5.88. The molecule has 0 spiro atoms. The first-order valence-electron chi connectivity index (χ1n) is 10.3. The number of amides is 1. The van der Waals surface area contributed by atoms with Crippen LogP contribution in [-0.4, -0.2) is 38.9 Å². The van der Waals surface area contributed by atoms with Gasteiger partial charge in [0, 0.05) is 25.2 Å². The van der Waals surface area contributed by atoms with Crippen LogP contribution in [-0.2, 0) is 10.0 Å². The topological polar surface area (TPSA) is 66.5 Å². The number of hydrogen-bond donors (Lipinski definition) is 1. The number of carbonyl (C=O) groups excluding carboxylic acids is 1. The molecule has 0 bridgehead atoms. The standard InChI is InChI=1S/C24H26N2O3S/c1-18-11-13-21(14-12-18)30(28,29)25-16-19-6-5-15-26(17-19)24(27)23-10-4-8-20-7-2-3-9-22(20)23/h2-4,7-14,19,25H,5-6,15-17H2,1H3/t19-/m1/s1. The summed E-state index contributed by atoms with van der Waals surface area (Å²) in [4.78, 5) is 15.3. The minimum Gasteiger partial charge on any atom is -0.338 e. The summed E-state index contributed by atoms with van der Waals surface area (Å²) >= 11 is 0. The third kappa shape index (κ3) is 4.40. The van der Waals surface area contributed by atoms with Crippen molar-refractivity contribution < 1.29 is 13.2 Å². The van der Waals surface area contributed by atoms with Crippen LogP contribution in [0, 0.1) is 12.8 Å². The van der Waals surface area contributed by atoms with Crippen LogP contribution in [0.2, 0.25) is 0 Å². The number of benzene rings is 3. The first-order chi connectivity index (χ1) is 14.4. The first kappa shape index (κ1) is 20.6. The van der Waals surface area contributed by atoms with Crippen LogP contribution < -0.4 is 4.72 Å². The molecule has 0 radical (unpaired) electrons. The summed E-state index contributed by atoms with van der Waals surface area (Å²) in [5, 5.41) is 2.00. The number of aryl methyl sites for hydroxylation is 1. The van der Waals surface area contributed by atoms with Crippen molar-refractivity contribution in [2.75, 3.05) is 19.6 Å². The zero-order chi connectivity index (χ0) is 21.1. The molecule has 1 atom stereocenters. The molecule has 1 aliphatic heterocycles. The number of piperidine rings is 1. The van der Waals surface area contributed by atoms with Crippen molar-refractivity contribution in [1.29, 1.82) is 0 Å². The van der Waals surface area contributed by atoms with E-state index in [0.717, 1.165) is 29.2 Å². The van der Waals surface area contributed by atoms with Crippen molar-refractivity contribution >= 4 is 26.7 Å². The molecule has 4 rings (SSSR count). The molecular weight excluding hydrogens is 396 g/mol. The fraction of sp³-hybridized carbons (Fsp3) is 0.292. The zero-order valence-corrected chi connectivity index (χ0v) is 17.9. The van der Waals surface area contributed by atoms with E-state index in [9.17, 15) is 13.2 Å². The maximum atomic E-state index is 13.2. The van der Waals surface area contributed by atoms with Crippen molar-refractivity contribution in [2.24, 2.45) is 5.92 Å². The number of fused-ring (bicyclic) bond motifs is 1. The van der Waals surface area contributed by atoms with Crippen LogP contribution in [0.15, 0.2) is 71.6 Å². The summed E-state index contributed by atoms with van der Waals surface area (Å²) in [5.74, 6) is 0.107. The molecule has 1 amide bonds. The van der Waals surface area contributed by atoms with Crippen molar-refractivity contribution in [3.05, 3.63) is 77.9 Å². The van der Waals surface area contributed by atoms with Gasteiger partial charge in [0.1, 0.15) is 0 Å². The van der Waals surface area contributed by atoms with Gasteiger partial charge in [-0.1, -0.05) is 54.1 Å². The molecule has 1 aliphatic rings. The number of likely N-dealkylation sites (tertiary alicyclic amines) is 1. The van der Waals surface area contributed by atoms with E-state index in [1.807, 2.05) is 54.3 Å². The third-order valence-corrected chi connectivity index (χ3v) is 7.16. The maximum absolute atomic E-state index is 13.2. The average molecular weight is 423 g/mol. The second-order valence-corrected chi connectivity index (χ2v) is 9.72. The summed E-state index contributed by atoms with van der Waals surface area (Å²) in [6, 6.07) is 20.5. The van der Waals surface area contributed by atoms with Gasteiger partial charge >= 0.3 is 0 Å². The Morgan fingerprint density at radius 2 is 1.77 bits per heavy atom. The lowest BCUT2D eigenvalue weighted by Crippen LogP contribution is -2.43. The lowest BCUT2D eigenvalue weighted by atomic mass is 9.96. The van der Waals surface area contributed by atoms with Gasteiger partial charge in [-0.3, -0.25) is 4.79 Å². The molecule has 1 fully saturated rings. The van der Waals surface area contributed by atoms with E-state index in [1.165, 1.54) is 0 Å². The Morgan fingerprint density at radius 1 is 1.03 bits per heavy atom. The third-order valence-electron chi connectivity index (χ3n) is 5.72. The number of sulfonamides is 1. The molecule has 156 valence electrons. The van der Waals surface area contributed by atoms with E-state index in [-0.39, 0.29) is 16.7 Å². The second-order valence-electron chi connectivity index (χ2n) is 7.95. The molecule has 6 heteroatoms. The monoisotopic (exact) mass is 422 g/mol. The molecule has 0 unspecified atom stereocenters. The van der Waals surface area contributed by atoms with Crippen LogP contribution in [0.1, 0.15) is 28.8 Å². The van der Waals surface area contributed by atoms with Gasteiger partial charge in [-0.15, -0.1) is 0 Å². The van der Waals surface area contributed by atoms with Crippen molar-refractivity contribution in [3.63, 3.8) is 0 Å². The second kappa shape index (κ2) is 8.58. The lowest BCUT2D eigenvalue weighted by Gasteiger charge is -2.33. The van der Waals surface area contributed by atoms with Crippen LogP contribution in [0.4, 0.5) is 0 Å². The Morgan fingerprint density at radius 3 is 2.57 bits per heavy atom. The van der Waals surface area contributed by atoms with E-state index >= 15 is 0 Å². The average Bonchev–Trinajstić information content (AvgIpc) is 2.77. The molecule has 1 heterocycles. The van der Waals surface area contributed by atoms with Crippen LogP contribution in [0.3, 0.4) is 0 Å². The van der Waals surface area contributed by atoms with Crippen molar-refractivity contribution in [2.45, 2.75) is 24.7 Å².